The quantitative estimate of drug-likeness (QED) is 0.685. The summed E-state index contributed by atoms with van der Waals surface area (Å²) in [6.07, 6.45) is 0. The van der Waals surface area contributed by atoms with Crippen LogP contribution < -0.4 is 14.8 Å². The lowest BCUT2D eigenvalue weighted by molar-refractivity contribution is -0.120. The van der Waals surface area contributed by atoms with Crippen molar-refractivity contribution in [3.8, 4) is 29.0 Å². The number of ether oxygens (including phenoxy) is 2. The second-order valence-corrected chi connectivity index (χ2v) is 7.21. The normalized spacial score (nSPS) is 12.9. The summed E-state index contributed by atoms with van der Waals surface area (Å²) in [4.78, 5) is 12.1. The standard InChI is InChI=1S/C18H22N4O4S/c1-11(2)18(3,10-19)20-15(23)9-27-17-22-21-16(26-17)12-6-13(24-4)8-14(7-12)25-5/h6-8,11H,9H2,1-5H3,(H,20,23). The predicted octanol–water partition coefficient (Wildman–Crippen LogP) is 2.90. The zero-order valence-corrected chi connectivity index (χ0v) is 16.7. The average molecular weight is 390 g/mol. The Labute approximate surface area is 162 Å². The molecule has 0 saturated heterocycles. The van der Waals surface area contributed by atoms with Gasteiger partial charge in [-0.2, -0.15) is 5.26 Å². The molecule has 1 aromatic carbocycles. The van der Waals surface area contributed by atoms with Crippen LogP contribution in [-0.4, -0.2) is 41.6 Å². The van der Waals surface area contributed by atoms with Crippen LogP contribution in [0.1, 0.15) is 20.8 Å². The number of aromatic nitrogens is 2. The lowest BCUT2D eigenvalue weighted by Gasteiger charge is -2.27. The molecule has 1 aromatic heterocycles. The number of nitrogens with zero attached hydrogens (tertiary/aromatic N) is 3. The lowest BCUT2D eigenvalue weighted by Crippen LogP contribution is -2.49. The summed E-state index contributed by atoms with van der Waals surface area (Å²) in [5.41, 5.74) is -0.277. The van der Waals surface area contributed by atoms with E-state index in [1.807, 2.05) is 13.8 Å². The molecule has 0 radical (unpaired) electrons. The first-order valence-electron chi connectivity index (χ1n) is 8.23. The molecule has 8 nitrogen and oxygen atoms in total. The fourth-order valence-corrected chi connectivity index (χ4v) is 2.63. The summed E-state index contributed by atoms with van der Waals surface area (Å²) < 4.78 is 16.1. The molecule has 27 heavy (non-hydrogen) atoms. The minimum atomic E-state index is -0.922. The Hall–Kier alpha value is -2.73. The van der Waals surface area contributed by atoms with E-state index in [0.717, 1.165) is 11.8 Å². The highest BCUT2D eigenvalue weighted by Crippen LogP contribution is 2.30. The van der Waals surface area contributed by atoms with Crippen LogP contribution in [0.2, 0.25) is 0 Å². The highest BCUT2D eigenvalue weighted by Gasteiger charge is 2.30. The van der Waals surface area contributed by atoms with Crippen molar-refractivity contribution in [2.45, 2.75) is 31.5 Å². The summed E-state index contributed by atoms with van der Waals surface area (Å²) in [5.74, 6) is 1.25. The first-order valence-corrected chi connectivity index (χ1v) is 9.22. The van der Waals surface area contributed by atoms with Gasteiger partial charge in [0, 0.05) is 11.6 Å². The average Bonchev–Trinajstić information content (AvgIpc) is 3.14. The van der Waals surface area contributed by atoms with Crippen molar-refractivity contribution in [1.82, 2.24) is 15.5 Å². The third kappa shape index (κ3) is 5.14. The van der Waals surface area contributed by atoms with E-state index >= 15 is 0 Å². The molecule has 0 saturated carbocycles. The molecule has 1 atom stereocenters. The maximum atomic E-state index is 12.1. The van der Waals surface area contributed by atoms with Crippen molar-refractivity contribution >= 4 is 17.7 Å². The van der Waals surface area contributed by atoms with E-state index in [2.05, 4.69) is 21.6 Å². The number of benzene rings is 1. The Balaban J connectivity index is 2.05. The van der Waals surface area contributed by atoms with Gasteiger partial charge >= 0.3 is 0 Å². The number of carbonyl (C=O) groups is 1. The van der Waals surface area contributed by atoms with Crippen LogP contribution in [0.25, 0.3) is 11.5 Å². The Morgan fingerprint density at radius 1 is 1.30 bits per heavy atom. The second-order valence-electron chi connectivity index (χ2n) is 6.28. The van der Waals surface area contributed by atoms with Crippen LogP contribution in [0.3, 0.4) is 0 Å². The fraction of sp³-hybridized carbons (Fsp3) is 0.444. The van der Waals surface area contributed by atoms with Gasteiger partial charge < -0.3 is 19.2 Å². The molecular formula is C18H22N4O4S. The number of thioether (sulfide) groups is 1. The Morgan fingerprint density at radius 3 is 2.44 bits per heavy atom. The van der Waals surface area contributed by atoms with Crippen molar-refractivity contribution in [2.75, 3.05) is 20.0 Å². The van der Waals surface area contributed by atoms with Gasteiger partial charge in [-0.1, -0.05) is 25.6 Å². The molecule has 0 aliphatic rings. The Morgan fingerprint density at radius 2 is 1.93 bits per heavy atom. The third-order valence-electron chi connectivity index (χ3n) is 4.12. The highest BCUT2D eigenvalue weighted by molar-refractivity contribution is 7.99. The molecule has 0 aliphatic heterocycles. The molecule has 9 heteroatoms. The van der Waals surface area contributed by atoms with Gasteiger partial charge in [0.25, 0.3) is 5.22 Å². The van der Waals surface area contributed by atoms with E-state index in [4.69, 9.17) is 13.9 Å². The monoisotopic (exact) mass is 390 g/mol. The Kier molecular flexibility index (Phi) is 6.69. The summed E-state index contributed by atoms with van der Waals surface area (Å²) in [7, 11) is 3.11. The van der Waals surface area contributed by atoms with E-state index < -0.39 is 5.54 Å². The minimum Gasteiger partial charge on any atom is -0.497 e. The zero-order chi connectivity index (χ0) is 20.0. The molecule has 0 bridgehead atoms. The van der Waals surface area contributed by atoms with Crippen LogP contribution >= 0.6 is 11.8 Å². The van der Waals surface area contributed by atoms with Crippen molar-refractivity contribution in [3.63, 3.8) is 0 Å². The molecule has 0 fully saturated rings. The number of hydrogen-bond donors (Lipinski definition) is 1. The second kappa shape index (κ2) is 8.77. The number of hydrogen-bond acceptors (Lipinski definition) is 8. The highest BCUT2D eigenvalue weighted by atomic mass is 32.2. The van der Waals surface area contributed by atoms with E-state index in [9.17, 15) is 10.1 Å². The van der Waals surface area contributed by atoms with Gasteiger partial charge in [0.1, 0.15) is 17.0 Å². The summed E-state index contributed by atoms with van der Waals surface area (Å²) in [6, 6.07) is 7.37. The maximum Gasteiger partial charge on any atom is 0.277 e. The number of nitriles is 1. The molecule has 0 spiro atoms. The number of carbonyl (C=O) groups excluding carboxylic acids is 1. The summed E-state index contributed by atoms with van der Waals surface area (Å²) >= 11 is 1.10. The van der Waals surface area contributed by atoms with Crippen LogP contribution in [-0.2, 0) is 4.79 Å². The largest absolute Gasteiger partial charge is 0.497 e. The van der Waals surface area contributed by atoms with E-state index in [0.29, 0.717) is 23.0 Å². The van der Waals surface area contributed by atoms with E-state index in [-0.39, 0.29) is 22.8 Å². The van der Waals surface area contributed by atoms with E-state index in [1.165, 1.54) is 0 Å². The van der Waals surface area contributed by atoms with Crippen molar-refractivity contribution in [3.05, 3.63) is 18.2 Å². The zero-order valence-electron chi connectivity index (χ0n) is 15.9. The molecule has 0 aliphatic carbocycles. The molecule has 2 rings (SSSR count). The fourth-order valence-electron chi connectivity index (χ4n) is 2.07. The van der Waals surface area contributed by atoms with Gasteiger partial charge in [-0.15, -0.1) is 10.2 Å². The molecular weight excluding hydrogens is 368 g/mol. The van der Waals surface area contributed by atoms with Gasteiger partial charge in [-0.3, -0.25) is 4.79 Å². The van der Waals surface area contributed by atoms with Crippen LogP contribution in [0, 0.1) is 17.2 Å². The van der Waals surface area contributed by atoms with Crippen LogP contribution in [0.15, 0.2) is 27.8 Å². The molecule has 1 unspecified atom stereocenters. The maximum absolute atomic E-state index is 12.1. The number of nitrogens with one attached hydrogen (secondary N) is 1. The third-order valence-corrected chi connectivity index (χ3v) is 4.94. The van der Waals surface area contributed by atoms with E-state index in [1.54, 1.807) is 39.3 Å². The van der Waals surface area contributed by atoms with Crippen LogP contribution in [0.5, 0.6) is 11.5 Å². The summed E-state index contributed by atoms with van der Waals surface area (Å²) in [5, 5.41) is 20.2. The molecule has 1 N–H and O–H groups in total. The van der Waals surface area contributed by atoms with Gasteiger partial charge in [-0.25, -0.2) is 0 Å². The molecule has 1 amide bonds. The lowest BCUT2D eigenvalue weighted by atomic mass is 9.90. The summed E-state index contributed by atoms with van der Waals surface area (Å²) in [6.45, 7) is 5.45. The minimum absolute atomic E-state index is 0.0190. The topological polar surface area (TPSA) is 110 Å². The number of amides is 1. The molecule has 2 aromatic rings. The van der Waals surface area contributed by atoms with Crippen molar-refractivity contribution < 1.29 is 18.7 Å². The number of rotatable bonds is 8. The van der Waals surface area contributed by atoms with Gasteiger partial charge in [-0.05, 0) is 25.0 Å². The van der Waals surface area contributed by atoms with Gasteiger partial charge in [0.05, 0.1) is 26.0 Å². The van der Waals surface area contributed by atoms with Gasteiger partial charge in [0.2, 0.25) is 11.8 Å². The van der Waals surface area contributed by atoms with Crippen LogP contribution in [0.4, 0.5) is 0 Å². The van der Waals surface area contributed by atoms with Crippen molar-refractivity contribution in [2.24, 2.45) is 5.92 Å². The number of methoxy groups -OCH3 is 2. The molecule has 144 valence electrons. The smallest absolute Gasteiger partial charge is 0.277 e. The van der Waals surface area contributed by atoms with Gasteiger partial charge in [0.15, 0.2) is 0 Å². The first-order chi connectivity index (χ1) is 12.8. The molecule has 1 heterocycles. The SMILES string of the molecule is COc1cc(OC)cc(-c2nnc(SCC(=O)NC(C)(C#N)C(C)C)o2)c1. The van der Waals surface area contributed by atoms with Crippen molar-refractivity contribution in [1.29, 1.82) is 5.26 Å². The first kappa shape index (κ1) is 20.6. The predicted molar refractivity (Wildman–Crippen MR) is 101 cm³/mol. The Bertz CT molecular complexity index is 824.